The zero-order valence-corrected chi connectivity index (χ0v) is 11.1. The van der Waals surface area contributed by atoms with Crippen LogP contribution >= 0.6 is 0 Å². The number of hydrogen-bond acceptors (Lipinski definition) is 4. The maximum Gasteiger partial charge on any atom is 0.374 e. The highest BCUT2D eigenvalue weighted by Crippen LogP contribution is 2.21. The second-order valence-corrected chi connectivity index (χ2v) is 4.59. The SMILES string of the molecule is CCOC(=O)C1=c2cc(N)ccc2=C2C=CC=CC2O1. The number of nitrogens with two attached hydrogens (primary N) is 1. The monoisotopic (exact) mass is 269 g/mol. The van der Waals surface area contributed by atoms with Crippen molar-refractivity contribution in [1.82, 2.24) is 0 Å². The number of carbonyl (C=O) groups is 1. The molecule has 1 aliphatic heterocycles. The number of nitrogen functional groups attached to an aromatic ring is 1. The summed E-state index contributed by atoms with van der Waals surface area (Å²) in [6.07, 6.45) is 7.50. The quantitative estimate of drug-likeness (QED) is 0.631. The van der Waals surface area contributed by atoms with E-state index in [1.54, 1.807) is 13.0 Å². The van der Waals surface area contributed by atoms with Crippen LogP contribution in [0.2, 0.25) is 0 Å². The van der Waals surface area contributed by atoms with E-state index in [-0.39, 0.29) is 11.9 Å². The number of benzene rings is 1. The van der Waals surface area contributed by atoms with Gasteiger partial charge in [-0.25, -0.2) is 4.79 Å². The number of carbonyl (C=O) groups excluding carboxylic acids is 1. The highest BCUT2D eigenvalue weighted by Gasteiger charge is 2.25. The molecule has 1 atom stereocenters. The number of allylic oxidation sites excluding steroid dienone is 2. The topological polar surface area (TPSA) is 61.5 Å². The summed E-state index contributed by atoms with van der Waals surface area (Å²) in [7, 11) is 0. The zero-order valence-electron chi connectivity index (χ0n) is 11.1. The summed E-state index contributed by atoms with van der Waals surface area (Å²) >= 11 is 0. The Bertz CT molecular complexity index is 743. The van der Waals surface area contributed by atoms with Gasteiger partial charge in [0.2, 0.25) is 5.76 Å². The van der Waals surface area contributed by atoms with Gasteiger partial charge in [-0.1, -0.05) is 24.3 Å². The van der Waals surface area contributed by atoms with Gasteiger partial charge in [-0.3, -0.25) is 0 Å². The molecule has 1 aromatic carbocycles. The first-order valence-electron chi connectivity index (χ1n) is 6.53. The molecular weight excluding hydrogens is 254 g/mol. The van der Waals surface area contributed by atoms with Crippen LogP contribution in [0.4, 0.5) is 5.69 Å². The Balaban J connectivity index is 2.31. The van der Waals surface area contributed by atoms with Crippen molar-refractivity contribution in [2.24, 2.45) is 0 Å². The minimum atomic E-state index is -0.457. The minimum Gasteiger partial charge on any atom is -0.474 e. The molecule has 0 amide bonds. The Morgan fingerprint density at radius 1 is 1.35 bits per heavy atom. The molecule has 0 saturated carbocycles. The van der Waals surface area contributed by atoms with Gasteiger partial charge in [0.05, 0.1) is 6.61 Å². The molecule has 0 saturated heterocycles. The Morgan fingerprint density at radius 3 is 3.00 bits per heavy atom. The molecule has 0 fully saturated rings. The largest absolute Gasteiger partial charge is 0.474 e. The van der Waals surface area contributed by atoms with E-state index in [1.807, 2.05) is 36.4 Å². The Hall–Kier alpha value is -2.49. The molecule has 1 heterocycles. The van der Waals surface area contributed by atoms with Gasteiger partial charge in [0, 0.05) is 16.5 Å². The second-order valence-electron chi connectivity index (χ2n) is 4.59. The van der Waals surface area contributed by atoms with Gasteiger partial charge < -0.3 is 15.2 Å². The van der Waals surface area contributed by atoms with Crippen molar-refractivity contribution in [3.05, 3.63) is 52.9 Å². The molecule has 0 aromatic heterocycles. The summed E-state index contributed by atoms with van der Waals surface area (Å²) < 4.78 is 10.9. The fourth-order valence-electron chi connectivity index (χ4n) is 2.42. The predicted molar refractivity (Wildman–Crippen MR) is 76.7 cm³/mol. The third kappa shape index (κ3) is 1.99. The summed E-state index contributed by atoms with van der Waals surface area (Å²) in [5.41, 5.74) is 7.43. The van der Waals surface area contributed by atoms with E-state index in [9.17, 15) is 4.79 Å². The Kier molecular flexibility index (Phi) is 3.06. The van der Waals surface area contributed by atoms with Crippen LogP contribution in [0, 0.1) is 0 Å². The highest BCUT2D eigenvalue weighted by molar-refractivity contribution is 6.07. The van der Waals surface area contributed by atoms with E-state index in [0.717, 1.165) is 10.8 Å². The lowest BCUT2D eigenvalue weighted by Crippen LogP contribution is -2.40. The standard InChI is InChI=1S/C16H15NO3/c1-2-19-16(18)15-13-9-10(17)7-8-11(13)12-5-3-4-6-14(12)20-15/h3-9,14H,2,17H2,1H3. The number of ether oxygens (including phenoxy) is 2. The first-order chi connectivity index (χ1) is 9.70. The van der Waals surface area contributed by atoms with Crippen molar-refractivity contribution < 1.29 is 14.3 Å². The van der Waals surface area contributed by atoms with Crippen molar-refractivity contribution in [1.29, 1.82) is 0 Å². The van der Waals surface area contributed by atoms with Crippen molar-refractivity contribution in [3.8, 4) is 0 Å². The van der Waals surface area contributed by atoms with E-state index in [0.29, 0.717) is 17.5 Å². The summed E-state index contributed by atoms with van der Waals surface area (Å²) in [5.74, 6) is -0.232. The molecule has 0 spiro atoms. The summed E-state index contributed by atoms with van der Waals surface area (Å²) in [5, 5.41) is 1.65. The summed E-state index contributed by atoms with van der Waals surface area (Å²) in [4.78, 5) is 12.1. The van der Waals surface area contributed by atoms with E-state index in [1.165, 1.54) is 0 Å². The predicted octanol–water partition coefficient (Wildman–Crippen LogP) is 0.616. The van der Waals surface area contributed by atoms with Crippen molar-refractivity contribution in [3.63, 3.8) is 0 Å². The smallest absolute Gasteiger partial charge is 0.374 e. The van der Waals surface area contributed by atoms with Gasteiger partial charge in [0.15, 0.2) is 0 Å². The third-order valence-electron chi connectivity index (χ3n) is 3.28. The lowest BCUT2D eigenvalue weighted by molar-refractivity contribution is -0.138. The van der Waals surface area contributed by atoms with Crippen molar-refractivity contribution >= 4 is 23.0 Å². The average Bonchev–Trinajstić information content (AvgIpc) is 2.46. The molecule has 1 aliphatic carbocycles. The Morgan fingerprint density at radius 2 is 2.20 bits per heavy atom. The summed E-state index contributed by atoms with van der Waals surface area (Å²) in [6.45, 7) is 2.07. The first kappa shape index (κ1) is 12.5. The fraction of sp³-hybridized carbons (Fsp3) is 0.188. The molecule has 20 heavy (non-hydrogen) atoms. The van der Waals surface area contributed by atoms with Crippen LogP contribution in [0.25, 0.3) is 11.3 Å². The van der Waals surface area contributed by atoms with Crippen molar-refractivity contribution in [2.45, 2.75) is 13.0 Å². The van der Waals surface area contributed by atoms with E-state index in [4.69, 9.17) is 15.2 Å². The fourth-order valence-corrected chi connectivity index (χ4v) is 2.42. The van der Waals surface area contributed by atoms with Crippen LogP contribution < -0.4 is 16.2 Å². The van der Waals surface area contributed by atoms with E-state index >= 15 is 0 Å². The van der Waals surface area contributed by atoms with Crippen LogP contribution in [-0.2, 0) is 14.3 Å². The molecule has 3 rings (SSSR count). The van der Waals surface area contributed by atoms with Crippen LogP contribution in [-0.4, -0.2) is 18.7 Å². The molecule has 2 aliphatic rings. The third-order valence-corrected chi connectivity index (χ3v) is 3.28. The second kappa shape index (κ2) is 4.89. The lowest BCUT2D eigenvalue weighted by Gasteiger charge is -2.24. The molecule has 2 N–H and O–H groups in total. The molecular formula is C16H15NO3. The normalized spacial score (nSPS) is 19.1. The van der Waals surface area contributed by atoms with Gasteiger partial charge in [-0.2, -0.15) is 0 Å². The van der Waals surface area contributed by atoms with Crippen molar-refractivity contribution in [2.75, 3.05) is 12.3 Å². The van der Waals surface area contributed by atoms with Crippen LogP contribution in [0.1, 0.15) is 6.92 Å². The number of fused-ring (bicyclic) bond motifs is 2. The number of hydrogen-bond donors (Lipinski definition) is 1. The van der Waals surface area contributed by atoms with Gasteiger partial charge in [0.25, 0.3) is 0 Å². The molecule has 4 heteroatoms. The maximum atomic E-state index is 12.1. The maximum absolute atomic E-state index is 12.1. The van der Waals surface area contributed by atoms with Gasteiger partial charge in [-0.05, 0) is 30.4 Å². The molecule has 1 aromatic rings. The minimum absolute atomic E-state index is 0.225. The van der Waals surface area contributed by atoms with E-state index in [2.05, 4.69) is 0 Å². The lowest BCUT2D eigenvalue weighted by atomic mass is 9.97. The molecule has 0 bridgehead atoms. The van der Waals surface area contributed by atoms with Crippen LogP contribution in [0.5, 0.6) is 0 Å². The number of rotatable bonds is 2. The first-order valence-corrected chi connectivity index (χ1v) is 6.53. The molecule has 0 radical (unpaired) electrons. The number of anilines is 1. The van der Waals surface area contributed by atoms with Crippen LogP contribution in [0.3, 0.4) is 0 Å². The molecule has 102 valence electrons. The number of esters is 1. The van der Waals surface area contributed by atoms with Gasteiger partial charge in [0.1, 0.15) is 6.10 Å². The Labute approximate surface area is 116 Å². The zero-order chi connectivity index (χ0) is 14.1. The highest BCUT2D eigenvalue weighted by atomic mass is 16.6. The molecule has 4 nitrogen and oxygen atoms in total. The van der Waals surface area contributed by atoms with Gasteiger partial charge in [-0.15, -0.1) is 0 Å². The van der Waals surface area contributed by atoms with Gasteiger partial charge >= 0.3 is 5.97 Å². The molecule has 1 unspecified atom stereocenters. The van der Waals surface area contributed by atoms with E-state index < -0.39 is 5.97 Å². The summed E-state index contributed by atoms with van der Waals surface area (Å²) in [6, 6.07) is 5.48. The van der Waals surface area contributed by atoms with Crippen LogP contribution in [0.15, 0.2) is 42.5 Å². The average molecular weight is 269 g/mol.